The molecule has 0 saturated heterocycles. The number of carbonyl (C=O) groups excluding carboxylic acids is 1. The van der Waals surface area contributed by atoms with Gasteiger partial charge in [0.2, 0.25) is 0 Å². The van der Waals surface area contributed by atoms with Crippen LogP contribution in [0.25, 0.3) is 21.5 Å². The number of ketones is 1. The molecule has 0 heterocycles. The number of benzene rings is 4. The summed E-state index contributed by atoms with van der Waals surface area (Å²) in [6, 6.07) is 26.3. The molecule has 5 heteroatoms. The zero-order valence-corrected chi connectivity index (χ0v) is 20.5. The van der Waals surface area contributed by atoms with E-state index in [1.54, 1.807) is 0 Å². The zero-order chi connectivity index (χ0) is 23.3. The third-order valence-electron chi connectivity index (χ3n) is 5.73. The molecule has 4 aromatic rings. The molecular formula is C28H30O4Si. The van der Waals surface area contributed by atoms with Crippen LogP contribution in [0.15, 0.2) is 78.9 Å². The van der Waals surface area contributed by atoms with E-state index < -0.39 is 8.80 Å². The minimum Gasteiger partial charge on any atom is -0.370 e. The molecule has 0 aliphatic rings. The summed E-state index contributed by atoms with van der Waals surface area (Å²) in [7, 11) is -2.96. The van der Waals surface area contributed by atoms with Crippen molar-refractivity contribution in [1.82, 2.24) is 0 Å². The molecule has 170 valence electrons. The van der Waals surface area contributed by atoms with Crippen molar-refractivity contribution in [2.45, 2.75) is 27.2 Å². The van der Waals surface area contributed by atoms with Crippen molar-refractivity contribution < 1.29 is 18.1 Å². The molecule has 4 aromatic carbocycles. The molecule has 0 aromatic heterocycles. The normalized spacial score (nSPS) is 11.8. The van der Waals surface area contributed by atoms with Crippen molar-refractivity contribution in [1.29, 1.82) is 0 Å². The molecule has 0 bridgehead atoms. The van der Waals surface area contributed by atoms with Crippen LogP contribution < -0.4 is 5.19 Å². The van der Waals surface area contributed by atoms with E-state index >= 15 is 0 Å². The number of rotatable bonds is 10. The van der Waals surface area contributed by atoms with Crippen molar-refractivity contribution in [3.05, 3.63) is 90.0 Å². The number of hydrogen-bond acceptors (Lipinski definition) is 4. The maximum atomic E-state index is 13.6. The fourth-order valence-electron chi connectivity index (χ4n) is 4.36. The average Bonchev–Trinajstić information content (AvgIpc) is 2.83. The monoisotopic (exact) mass is 458 g/mol. The van der Waals surface area contributed by atoms with Gasteiger partial charge in [-0.3, -0.25) is 4.79 Å². The first kappa shape index (κ1) is 23.3. The maximum absolute atomic E-state index is 13.6. The Balaban J connectivity index is 1.68. The summed E-state index contributed by atoms with van der Waals surface area (Å²) >= 11 is 0. The molecule has 0 amide bonds. The summed E-state index contributed by atoms with van der Waals surface area (Å²) in [5.41, 5.74) is 1.74. The summed E-state index contributed by atoms with van der Waals surface area (Å²) in [6.07, 6.45) is 0.324. The van der Waals surface area contributed by atoms with Crippen LogP contribution in [0.1, 0.15) is 36.7 Å². The predicted molar refractivity (Wildman–Crippen MR) is 136 cm³/mol. The second-order valence-electron chi connectivity index (χ2n) is 7.85. The lowest BCUT2D eigenvalue weighted by Crippen LogP contribution is -2.56. The summed E-state index contributed by atoms with van der Waals surface area (Å²) in [6.45, 7) is 7.38. The van der Waals surface area contributed by atoms with Gasteiger partial charge in [0.1, 0.15) is 0 Å². The minimum absolute atomic E-state index is 0.110. The van der Waals surface area contributed by atoms with Crippen molar-refractivity contribution in [3.63, 3.8) is 0 Å². The fraction of sp³-hybridized carbons (Fsp3) is 0.250. The highest BCUT2D eigenvalue weighted by atomic mass is 28.4. The lowest BCUT2D eigenvalue weighted by atomic mass is 9.92. The minimum atomic E-state index is -2.96. The van der Waals surface area contributed by atoms with Crippen LogP contribution in [0.2, 0.25) is 0 Å². The Bertz CT molecular complexity index is 1180. The second-order valence-corrected chi connectivity index (χ2v) is 10.4. The Morgan fingerprint density at radius 1 is 0.697 bits per heavy atom. The van der Waals surface area contributed by atoms with Gasteiger partial charge in [-0.1, -0.05) is 72.8 Å². The van der Waals surface area contributed by atoms with Crippen LogP contribution >= 0.6 is 0 Å². The molecule has 0 radical (unpaired) electrons. The third kappa shape index (κ3) is 4.77. The van der Waals surface area contributed by atoms with Crippen LogP contribution in [0.5, 0.6) is 0 Å². The first-order chi connectivity index (χ1) is 16.1. The summed E-state index contributed by atoms with van der Waals surface area (Å²) in [5.74, 6) is 0.110. The van der Waals surface area contributed by atoms with Gasteiger partial charge in [-0.15, -0.1) is 0 Å². The highest BCUT2D eigenvalue weighted by molar-refractivity contribution is 6.75. The highest BCUT2D eigenvalue weighted by Gasteiger charge is 2.43. The number of fused-ring (bicyclic) bond motifs is 2. The van der Waals surface area contributed by atoms with E-state index in [9.17, 15) is 4.79 Å². The molecule has 0 saturated carbocycles. The molecule has 0 atom stereocenters. The van der Waals surface area contributed by atoms with Gasteiger partial charge in [-0.2, -0.15) is 0 Å². The molecule has 4 rings (SSSR count). The lowest BCUT2D eigenvalue weighted by molar-refractivity contribution is 0.0859. The fourth-order valence-corrected chi connectivity index (χ4v) is 6.82. The number of hydrogen-bond donors (Lipinski definition) is 0. The molecule has 0 aliphatic carbocycles. The molecule has 33 heavy (non-hydrogen) atoms. The first-order valence-electron chi connectivity index (χ1n) is 11.6. The van der Waals surface area contributed by atoms with E-state index in [0.717, 1.165) is 37.9 Å². The van der Waals surface area contributed by atoms with Gasteiger partial charge in [-0.05, 0) is 53.9 Å². The molecule has 0 unspecified atom stereocenters. The van der Waals surface area contributed by atoms with Crippen LogP contribution in [0, 0.1) is 0 Å². The zero-order valence-electron chi connectivity index (χ0n) is 19.5. The Kier molecular flexibility index (Phi) is 7.35. The highest BCUT2D eigenvalue weighted by Crippen LogP contribution is 2.29. The first-order valence-corrected chi connectivity index (χ1v) is 13.3. The molecule has 0 N–H and O–H groups in total. The van der Waals surface area contributed by atoms with Crippen LogP contribution in [0.3, 0.4) is 0 Å². The second kappa shape index (κ2) is 10.4. The Morgan fingerprint density at radius 3 is 1.67 bits per heavy atom. The average molecular weight is 459 g/mol. The van der Waals surface area contributed by atoms with E-state index in [0.29, 0.717) is 26.2 Å². The molecule has 0 fully saturated rings. The largest absolute Gasteiger partial charge is 0.537 e. The standard InChI is InChI=1S/C28H30O4Si/c1-4-30-33(31-5-2,32-6-3)24-17-15-21(16-18-24)19-27(29)28-25-13-9-7-11-22(25)20-23-12-8-10-14-26(23)28/h7-18,20H,4-6,19H2,1-3H3. The van der Waals surface area contributed by atoms with Crippen LogP contribution in [0.4, 0.5) is 0 Å². The van der Waals surface area contributed by atoms with Gasteiger partial charge in [0, 0.05) is 37.0 Å². The van der Waals surface area contributed by atoms with E-state index in [1.165, 1.54) is 0 Å². The van der Waals surface area contributed by atoms with Crippen molar-refractivity contribution in [2.75, 3.05) is 19.8 Å². The van der Waals surface area contributed by atoms with E-state index in [2.05, 4.69) is 18.2 Å². The van der Waals surface area contributed by atoms with Crippen LogP contribution in [-0.4, -0.2) is 34.4 Å². The quantitative estimate of drug-likeness (QED) is 0.174. The van der Waals surface area contributed by atoms with E-state index in [-0.39, 0.29) is 5.78 Å². The number of carbonyl (C=O) groups is 1. The summed E-state index contributed by atoms with van der Waals surface area (Å²) < 4.78 is 18.0. The van der Waals surface area contributed by atoms with E-state index in [4.69, 9.17) is 13.3 Å². The molecular weight excluding hydrogens is 428 g/mol. The Hall–Kier alpha value is -2.83. The van der Waals surface area contributed by atoms with Gasteiger partial charge in [-0.25, -0.2) is 0 Å². The summed E-state index contributed by atoms with van der Waals surface area (Å²) in [4.78, 5) is 13.6. The molecule has 4 nitrogen and oxygen atoms in total. The van der Waals surface area contributed by atoms with Gasteiger partial charge in [0.15, 0.2) is 5.78 Å². The predicted octanol–water partition coefficient (Wildman–Crippen LogP) is 5.67. The van der Waals surface area contributed by atoms with Crippen molar-refractivity contribution in [3.8, 4) is 0 Å². The lowest BCUT2D eigenvalue weighted by Gasteiger charge is -2.28. The smallest absolute Gasteiger partial charge is 0.370 e. The van der Waals surface area contributed by atoms with E-state index in [1.807, 2.05) is 81.4 Å². The topological polar surface area (TPSA) is 44.8 Å². The SMILES string of the molecule is CCO[Si](OCC)(OCC)c1ccc(CC(=O)c2c3ccccc3cc3ccccc23)cc1. The van der Waals surface area contributed by atoms with Crippen molar-refractivity contribution in [2.24, 2.45) is 0 Å². The van der Waals surface area contributed by atoms with Gasteiger partial charge in [0.25, 0.3) is 0 Å². The van der Waals surface area contributed by atoms with Crippen molar-refractivity contribution >= 4 is 41.3 Å². The Labute approximate surface area is 196 Å². The molecule has 0 aliphatic heterocycles. The van der Waals surface area contributed by atoms with Gasteiger partial charge in [0.05, 0.1) is 0 Å². The van der Waals surface area contributed by atoms with Gasteiger partial charge < -0.3 is 13.3 Å². The van der Waals surface area contributed by atoms with Crippen LogP contribution in [-0.2, 0) is 19.7 Å². The Morgan fingerprint density at radius 2 is 1.18 bits per heavy atom. The third-order valence-corrected chi connectivity index (χ3v) is 8.77. The molecule has 0 spiro atoms. The number of Topliss-reactive ketones (excluding diaryl/α,β-unsaturated/α-hetero) is 1. The van der Waals surface area contributed by atoms with Gasteiger partial charge >= 0.3 is 8.80 Å². The summed E-state index contributed by atoms with van der Waals surface area (Å²) in [5, 5.41) is 5.06. The maximum Gasteiger partial charge on any atom is 0.537 e.